The van der Waals surface area contributed by atoms with E-state index in [0.717, 1.165) is 42.1 Å². The van der Waals surface area contributed by atoms with Crippen molar-refractivity contribution in [3.05, 3.63) is 53.5 Å². The molecule has 1 N–H and O–H groups in total. The van der Waals surface area contributed by atoms with Crippen LogP contribution in [-0.2, 0) is 0 Å². The molecule has 1 atom stereocenters. The van der Waals surface area contributed by atoms with Gasteiger partial charge in [-0.25, -0.2) is 9.97 Å². The number of pyridine rings is 1. The number of fused-ring (bicyclic) bond motifs is 1. The zero-order chi connectivity index (χ0) is 16.7. The number of nitrogens with one attached hydrogen (secondary N) is 1. The van der Waals surface area contributed by atoms with Gasteiger partial charge in [0.05, 0.1) is 0 Å². The third-order valence-corrected chi connectivity index (χ3v) is 4.64. The Kier molecular flexibility index (Phi) is 3.59. The van der Waals surface area contributed by atoms with Gasteiger partial charge in [0, 0.05) is 43.3 Å². The van der Waals surface area contributed by atoms with Crippen molar-refractivity contribution >= 4 is 11.6 Å². The maximum Gasteiger partial charge on any atom is 0.274 e. The number of nitrogens with zero attached hydrogens (tertiary/aromatic N) is 4. The molecule has 124 valence electrons. The summed E-state index contributed by atoms with van der Waals surface area (Å²) in [6.45, 7) is 5.50. The minimum atomic E-state index is 0.00401. The Bertz CT molecular complexity index is 894. The molecule has 6 nitrogen and oxygen atoms in total. The summed E-state index contributed by atoms with van der Waals surface area (Å²) in [6, 6.07) is 3.95. The Hall–Kier alpha value is -2.63. The molecule has 0 bridgehead atoms. The zero-order valence-electron chi connectivity index (χ0n) is 14.0. The number of hydrogen-bond acceptors (Lipinski definition) is 3. The van der Waals surface area contributed by atoms with E-state index >= 15 is 0 Å². The molecular weight excluding hydrogens is 302 g/mol. The van der Waals surface area contributed by atoms with Crippen molar-refractivity contribution in [2.24, 2.45) is 0 Å². The van der Waals surface area contributed by atoms with Crippen LogP contribution in [0.25, 0.3) is 5.65 Å². The van der Waals surface area contributed by atoms with Gasteiger partial charge >= 0.3 is 0 Å². The predicted octanol–water partition coefficient (Wildman–Crippen LogP) is 2.69. The number of hydrogen-bond donors (Lipinski definition) is 1. The minimum absolute atomic E-state index is 0.00401. The van der Waals surface area contributed by atoms with Crippen molar-refractivity contribution in [3.8, 4) is 0 Å². The molecule has 0 aromatic carbocycles. The van der Waals surface area contributed by atoms with E-state index in [1.165, 1.54) is 0 Å². The lowest BCUT2D eigenvalue weighted by atomic mass is 9.97. The highest BCUT2D eigenvalue weighted by molar-refractivity contribution is 5.93. The highest BCUT2D eigenvalue weighted by Gasteiger charge is 2.28. The Morgan fingerprint density at radius 2 is 2.17 bits per heavy atom. The number of carbonyl (C=O) groups excluding carboxylic acids is 1. The number of carbonyl (C=O) groups is 1. The normalized spacial score (nSPS) is 18.2. The molecule has 4 heterocycles. The molecule has 3 aromatic rings. The fourth-order valence-electron chi connectivity index (χ4n) is 3.39. The van der Waals surface area contributed by atoms with Crippen molar-refractivity contribution in [1.82, 2.24) is 24.3 Å². The Morgan fingerprint density at radius 3 is 2.96 bits per heavy atom. The van der Waals surface area contributed by atoms with Crippen molar-refractivity contribution in [3.63, 3.8) is 0 Å². The van der Waals surface area contributed by atoms with Crippen LogP contribution in [-0.4, -0.2) is 43.2 Å². The first-order valence-corrected chi connectivity index (χ1v) is 8.36. The summed E-state index contributed by atoms with van der Waals surface area (Å²) in [4.78, 5) is 27.0. The van der Waals surface area contributed by atoms with Crippen molar-refractivity contribution in [1.29, 1.82) is 0 Å². The molecule has 0 aliphatic carbocycles. The zero-order valence-corrected chi connectivity index (χ0v) is 14.0. The fraction of sp³-hybridized carbons (Fsp3) is 0.389. The lowest BCUT2D eigenvalue weighted by Gasteiger charge is -2.31. The second-order valence-corrected chi connectivity index (χ2v) is 6.64. The molecule has 1 unspecified atom stereocenters. The van der Waals surface area contributed by atoms with Crippen LogP contribution in [0, 0.1) is 13.8 Å². The summed E-state index contributed by atoms with van der Waals surface area (Å²) >= 11 is 0. The molecule has 1 amide bonds. The number of piperidine rings is 1. The smallest absolute Gasteiger partial charge is 0.274 e. The van der Waals surface area contributed by atoms with Gasteiger partial charge in [0.1, 0.15) is 17.2 Å². The van der Waals surface area contributed by atoms with Gasteiger partial charge in [-0.05, 0) is 38.3 Å². The van der Waals surface area contributed by atoms with E-state index in [2.05, 4.69) is 15.0 Å². The molecule has 1 saturated heterocycles. The molecule has 0 radical (unpaired) electrons. The highest BCUT2D eigenvalue weighted by Crippen LogP contribution is 2.25. The molecule has 6 heteroatoms. The average Bonchev–Trinajstić information content (AvgIpc) is 3.20. The van der Waals surface area contributed by atoms with Crippen LogP contribution >= 0.6 is 0 Å². The summed E-state index contributed by atoms with van der Waals surface area (Å²) < 4.78 is 1.92. The Balaban J connectivity index is 1.56. The maximum atomic E-state index is 12.9. The topological polar surface area (TPSA) is 66.3 Å². The highest BCUT2D eigenvalue weighted by atomic mass is 16.2. The summed E-state index contributed by atoms with van der Waals surface area (Å²) in [5.41, 5.74) is 3.52. The van der Waals surface area contributed by atoms with Gasteiger partial charge in [-0.2, -0.15) is 0 Å². The van der Waals surface area contributed by atoms with Gasteiger partial charge in [-0.15, -0.1) is 0 Å². The second-order valence-electron chi connectivity index (χ2n) is 6.64. The van der Waals surface area contributed by atoms with Crippen LogP contribution < -0.4 is 0 Å². The van der Waals surface area contributed by atoms with Crippen LogP contribution in [0.2, 0.25) is 0 Å². The van der Waals surface area contributed by atoms with Gasteiger partial charge in [0.25, 0.3) is 5.91 Å². The third kappa shape index (κ3) is 2.68. The molecule has 1 aliphatic rings. The second kappa shape index (κ2) is 5.78. The molecule has 0 spiro atoms. The lowest BCUT2D eigenvalue weighted by Crippen LogP contribution is -2.39. The van der Waals surface area contributed by atoms with E-state index in [-0.39, 0.29) is 11.8 Å². The summed E-state index contributed by atoms with van der Waals surface area (Å²) in [7, 11) is 0. The van der Waals surface area contributed by atoms with E-state index in [1.54, 1.807) is 0 Å². The van der Waals surface area contributed by atoms with E-state index in [1.807, 2.05) is 53.9 Å². The lowest BCUT2D eigenvalue weighted by molar-refractivity contribution is 0.0699. The number of imidazole rings is 2. The molecule has 4 rings (SSSR count). The fourth-order valence-corrected chi connectivity index (χ4v) is 3.39. The molecule has 24 heavy (non-hydrogen) atoms. The monoisotopic (exact) mass is 323 g/mol. The SMILES string of the molecule is Cc1ccc2nc(C(=O)N3CCCC(c4ncc(C)[nH]4)C3)cn2c1. The van der Waals surface area contributed by atoms with E-state index < -0.39 is 0 Å². The third-order valence-electron chi connectivity index (χ3n) is 4.64. The largest absolute Gasteiger partial charge is 0.346 e. The van der Waals surface area contributed by atoms with Gasteiger partial charge in [-0.1, -0.05) is 6.07 Å². The van der Waals surface area contributed by atoms with E-state index in [4.69, 9.17) is 0 Å². The van der Waals surface area contributed by atoms with Crippen LogP contribution in [0.1, 0.15) is 46.3 Å². The van der Waals surface area contributed by atoms with Crippen LogP contribution in [0.15, 0.2) is 30.7 Å². The number of H-pyrrole nitrogens is 1. The quantitative estimate of drug-likeness (QED) is 0.788. The first-order valence-electron chi connectivity index (χ1n) is 8.36. The summed E-state index contributed by atoms with van der Waals surface area (Å²) in [5, 5.41) is 0. The molecule has 1 fully saturated rings. The van der Waals surface area contributed by atoms with Gasteiger partial charge in [0.2, 0.25) is 0 Å². The van der Waals surface area contributed by atoms with E-state index in [9.17, 15) is 4.79 Å². The standard InChI is InChI=1S/C18H21N5O/c1-12-5-6-16-21-15(11-23(16)9-12)18(24)22-7-3-4-14(10-22)17-19-8-13(2)20-17/h5-6,8-9,11,14H,3-4,7,10H2,1-2H3,(H,19,20). The summed E-state index contributed by atoms with van der Waals surface area (Å²) in [6.07, 6.45) is 7.71. The number of aromatic amines is 1. The minimum Gasteiger partial charge on any atom is -0.346 e. The van der Waals surface area contributed by atoms with Gasteiger partial charge < -0.3 is 14.3 Å². The first-order chi connectivity index (χ1) is 11.6. The van der Waals surface area contributed by atoms with Gasteiger partial charge in [-0.3, -0.25) is 4.79 Å². The first kappa shape index (κ1) is 14.9. The number of aromatic nitrogens is 4. The van der Waals surface area contributed by atoms with Crippen molar-refractivity contribution in [2.75, 3.05) is 13.1 Å². The van der Waals surface area contributed by atoms with E-state index in [0.29, 0.717) is 12.2 Å². The van der Waals surface area contributed by atoms with Crippen molar-refractivity contribution < 1.29 is 4.79 Å². The van der Waals surface area contributed by atoms with Crippen molar-refractivity contribution in [2.45, 2.75) is 32.6 Å². The molecule has 0 saturated carbocycles. The Morgan fingerprint density at radius 1 is 1.29 bits per heavy atom. The number of amides is 1. The number of likely N-dealkylation sites (tertiary alicyclic amines) is 1. The maximum absolute atomic E-state index is 12.9. The molecular formula is C18H21N5O. The average molecular weight is 323 g/mol. The number of aryl methyl sites for hydroxylation is 2. The van der Waals surface area contributed by atoms with Crippen LogP contribution in [0.5, 0.6) is 0 Å². The van der Waals surface area contributed by atoms with Gasteiger partial charge in [0.15, 0.2) is 0 Å². The Labute approximate surface area is 140 Å². The van der Waals surface area contributed by atoms with Crippen LogP contribution in [0.3, 0.4) is 0 Å². The predicted molar refractivity (Wildman–Crippen MR) is 91.1 cm³/mol. The van der Waals surface area contributed by atoms with Crippen LogP contribution in [0.4, 0.5) is 0 Å². The number of rotatable bonds is 2. The molecule has 1 aliphatic heterocycles. The molecule has 3 aromatic heterocycles. The summed E-state index contributed by atoms with van der Waals surface area (Å²) in [5.74, 6) is 1.26.